The third-order valence-corrected chi connectivity index (χ3v) is 3.56. The summed E-state index contributed by atoms with van der Waals surface area (Å²) in [5, 5.41) is 4.51. The van der Waals surface area contributed by atoms with Crippen molar-refractivity contribution in [2.45, 2.75) is 13.8 Å². The Labute approximate surface area is 131 Å². The molecule has 0 aliphatic rings. The van der Waals surface area contributed by atoms with Gasteiger partial charge in [-0.25, -0.2) is 14.6 Å². The van der Waals surface area contributed by atoms with E-state index in [9.17, 15) is 0 Å². The van der Waals surface area contributed by atoms with Gasteiger partial charge in [0.15, 0.2) is 0 Å². The zero-order valence-corrected chi connectivity index (χ0v) is 13.3. The number of rotatable bonds is 2. The Morgan fingerprint density at radius 3 is 2.29 bits per heavy atom. The minimum atomic E-state index is 0.530. The van der Waals surface area contributed by atoms with E-state index in [-0.39, 0.29) is 0 Å². The van der Waals surface area contributed by atoms with Crippen LogP contribution in [0.5, 0.6) is 0 Å². The van der Waals surface area contributed by atoms with E-state index in [1.807, 2.05) is 44.2 Å². The molecule has 1 aromatic carbocycles. The first-order valence-corrected chi connectivity index (χ1v) is 7.26. The number of nitrogens with zero attached hydrogens (tertiary/aromatic N) is 4. The molecule has 0 spiro atoms. The fourth-order valence-electron chi connectivity index (χ4n) is 2.13. The molecule has 21 heavy (non-hydrogen) atoms. The lowest BCUT2D eigenvalue weighted by Gasteiger charge is -2.02. The van der Waals surface area contributed by atoms with Crippen molar-refractivity contribution in [1.82, 2.24) is 19.7 Å². The number of benzene rings is 1. The fraction of sp³-hybridized carbons (Fsp3) is 0.133. The maximum absolute atomic E-state index is 6.07. The summed E-state index contributed by atoms with van der Waals surface area (Å²) in [7, 11) is 0. The number of aryl methyl sites for hydroxylation is 2. The molecular weight excluding hydrogens is 330 g/mol. The molecule has 2 aromatic heterocycles. The molecule has 0 amide bonds. The Morgan fingerprint density at radius 2 is 1.67 bits per heavy atom. The lowest BCUT2D eigenvalue weighted by molar-refractivity contribution is 0.796. The van der Waals surface area contributed by atoms with Crippen molar-refractivity contribution in [3.63, 3.8) is 0 Å². The third kappa shape index (κ3) is 2.80. The second kappa shape index (κ2) is 5.29. The minimum Gasteiger partial charge on any atom is -0.396 e. The molecule has 0 fully saturated rings. The quantitative estimate of drug-likeness (QED) is 0.774. The Balaban J connectivity index is 2.07. The maximum Gasteiger partial charge on any atom is 0.251 e. The average molecular weight is 344 g/mol. The van der Waals surface area contributed by atoms with Gasteiger partial charge < -0.3 is 5.73 Å². The molecule has 0 aliphatic heterocycles. The lowest BCUT2D eigenvalue weighted by atomic mass is 10.1. The molecular formula is C15H14BrN5. The third-order valence-electron chi connectivity index (χ3n) is 3.04. The summed E-state index contributed by atoms with van der Waals surface area (Å²) in [6.07, 6.45) is 1.74. The van der Waals surface area contributed by atoms with Gasteiger partial charge in [0, 0.05) is 21.4 Å². The van der Waals surface area contributed by atoms with Crippen LogP contribution in [0.2, 0.25) is 0 Å². The van der Waals surface area contributed by atoms with Crippen LogP contribution in [-0.2, 0) is 0 Å². The van der Waals surface area contributed by atoms with E-state index in [2.05, 4.69) is 31.0 Å². The standard InChI is InChI=1S/C15H14BrN5/c1-9-7-10(2)19-15(18-9)21-8-13(17)14(20-21)11-3-5-12(16)6-4-11/h3-8H,17H2,1-2H3. The molecule has 0 aliphatic carbocycles. The molecule has 0 radical (unpaired) electrons. The number of nitrogen functional groups attached to an aromatic ring is 1. The van der Waals surface area contributed by atoms with Crippen molar-refractivity contribution in [2.24, 2.45) is 0 Å². The van der Waals surface area contributed by atoms with Crippen LogP contribution >= 0.6 is 15.9 Å². The van der Waals surface area contributed by atoms with Gasteiger partial charge in [0.2, 0.25) is 0 Å². The zero-order valence-electron chi connectivity index (χ0n) is 11.7. The maximum atomic E-state index is 6.07. The smallest absolute Gasteiger partial charge is 0.251 e. The number of anilines is 1. The first-order valence-electron chi connectivity index (χ1n) is 6.46. The Kier molecular flexibility index (Phi) is 3.47. The van der Waals surface area contributed by atoms with Crippen LogP contribution in [0, 0.1) is 13.8 Å². The summed E-state index contributed by atoms with van der Waals surface area (Å²) >= 11 is 3.42. The van der Waals surface area contributed by atoms with E-state index in [0.717, 1.165) is 27.1 Å². The van der Waals surface area contributed by atoms with E-state index in [1.165, 1.54) is 0 Å². The molecule has 0 atom stereocenters. The number of nitrogens with two attached hydrogens (primary N) is 1. The second-order valence-corrected chi connectivity index (χ2v) is 5.75. The van der Waals surface area contributed by atoms with Crippen LogP contribution in [-0.4, -0.2) is 19.7 Å². The number of aromatic nitrogens is 4. The van der Waals surface area contributed by atoms with E-state index >= 15 is 0 Å². The molecule has 106 valence electrons. The van der Waals surface area contributed by atoms with Crippen LogP contribution in [0.15, 0.2) is 41.0 Å². The highest BCUT2D eigenvalue weighted by Gasteiger charge is 2.11. The summed E-state index contributed by atoms with van der Waals surface area (Å²) in [6.45, 7) is 3.86. The molecule has 2 heterocycles. The molecule has 0 bridgehead atoms. The second-order valence-electron chi connectivity index (χ2n) is 4.84. The van der Waals surface area contributed by atoms with Crippen molar-refractivity contribution < 1.29 is 0 Å². The van der Waals surface area contributed by atoms with Gasteiger partial charge in [-0.1, -0.05) is 28.1 Å². The van der Waals surface area contributed by atoms with Gasteiger partial charge >= 0.3 is 0 Å². The number of hydrogen-bond donors (Lipinski definition) is 1. The molecule has 3 rings (SSSR count). The van der Waals surface area contributed by atoms with Gasteiger partial charge in [0.25, 0.3) is 5.95 Å². The van der Waals surface area contributed by atoms with Crippen LogP contribution < -0.4 is 5.73 Å². The van der Waals surface area contributed by atoms with E-state index in [0.29, 0.717) is 11.6 Å². The predicted octanol–water partition coefficient (Wildman–Crippen LogP) is 3.29. The van der Waals surface area contributed by atoms with E-state index in [1.54, 1.807) is 10.9 Å². The number of hydrogen-bond acceptors (Lipinski definition) is 4. The Hall–Kier alpha value is -2.21. The van der Waals surface area contributed by atoms with Crippen molar-refractivity contribution >= 4 is 21.6 Å². The van der Waals surface area contributed by atoms with Crippen LogP contribution in [0.25, 0.3) is 17.2 Å². The largest absolute Gasteiger partial charge is 0.396 e. The molecule has 3 aromatic rings. The molecule has 0 saturated heterocycles. The molecule has 0 saturated carbocycles. The predicted molar refractivity (Wildman–Crippen MR) is 86.2 cm³/mol. The van der Waals surface area contributed by atoms with Crippen LogP contribution in [0.1, 0.15) is 11.4 Å². The summed E-state index contributed by atoms with van der Waals surface area (Å²) in [5.74, 6) is 0.530. The molecule has 5 nitrogen and oxygen atoms in total. The van der Waals surface area contributed by atoms with E-state index < -0.39 is 0 Å². The Morgan fingerprint density at radius 1 is 1.05 bits per heavy atom. The normalized spacial score (nSPS) is 10.8. The monoisotopic (exact) mass is 343 g/mol. The fourth-order valence-corrected chi connectivity index (χ4v) is 2.40. The summed E-state index contributed by atoms with van der Waals surface area (Å²) < 4.78 is 2.63. The Bertz CT molecular complexity index is 772. The first-order chi connectivity index (χ1) is 10.0. The average Bonchev–Trinajstić information content (AvgIpc) is 2.81. The van der Waals surface area contributed by atoms with Crippen molar-refractivity contribution in [2.75, 3.05) is 5.73 Å². The topological polar surface area (TPSA) is 69.6 Å². The highest BCUT2D eigenvalue weighted by atomic mass is 79.9. The summed E-state index contributed by atoms with van der Waals surface area (Å²) in [6, 6.07) is 9.78. The molecule has 0 unspecified atom stereocenters. The molecule has 6 heteroatoms. The minimum absolute atomic E-state index is 0.530. The summed E-state index contributed by atoms with van der Waals surface area (Å²) in [5.41, 5.74) is 10.2. The lowest BCUT2D eigenvalue weighted by Crippen LogP contribution is -2.04. The van der Waals surface area contributed by atoms with Gasteiger partial charge in [-0.2, -0.15) is 5.10 Å². The van der Waals surface area contributed by atoms with Gasteiger partial charge in [-0.3, -0.25) is 0 Å². The van der Waals surface area contributed by atoms with Crippen molar-refractivity contribution in [3.8, 4) is 17.2 Å². The van der Waals surface area contributed by atoms with Crippen molar-refractivity contribution in [3.05, 3.63) is 52.4 Å². The SMILES string of the molecule is Cc1cc(C)nc(-n2cc(N)c(-c3ccc(Br)cc3)n2)n1. The van der Waals surface area contributed by atoms with Gasteiger partial charge in [-0.05, 0) is 32.0 Å². The van der Waals surface area contributed by atoms with Crippen molar-refractivity contribution in [1.29, 1.82) is 0 Å². The van der Waals surface area contributed by atoms with Gasteiger partial charge in [0.1, 0.15) is 5.69 Å². The highest BCUT2D eigenvalue weighted by Crippen LogP contribution is 2.26. The molecule has 2 N–H and O–H groups in total. The van der Waals surface area contributed by atoms with Gasteiger partial charge in [0.05, 0.1) is 11.9 Å². The van der Waals surface area contributed by atoms with E-state index in [4.69, 9.17) is 5.73 Å². The van der Waals surface area contributed by atoms with Gasteiger partial charge in [-0.15, -0.1) is 0 Å². The number of halogens is 1. The first kappa shape index (κ1) is 13.8. The van der Waals surface area contributed by atoms with Crippen LogP contribution in [0.4, 0.5) is 5.69 Å². The zero-order chi connectivity index (χ0) is 15.0. The van der Waals surface area contributed by atoms with Crippen LogP contribution in [0.3, 0.4) is 0 Å². The summed E-state index contributed by atoms with van der Waals surface area (Å²) in [4.78, 5) is 8.79. The highest BCUT2D eigenvalue weighted by molar-refractivity contribution is 9.10.